The predicted molar refractivity (Wildman–Crippen MR) is 60.0 cm³/mol. The zero-order valence-corrected chi connectivity index (χ0v) is 10.5. The molecule has 15 heavy (non-hydrogen) atoms. The molecule has 0 bridgehead atoms. The topological polar surface area (TPSA) is 66.4 Å². The first-order chi connectivity index (χ1) is 6.73. The Labute approximate surface area is 92.1 Å². The van der Waals surface area contributed by atoms with Gasteiger partial charge in [0.15, 0.2) is 0 Å². The van der Waals surface area contributed by atoms with E-state index in [-0.39, 0.29) is 10.7 Å². The molecule has 90 valence electrons. The van der Waals surface area contributed by atoms with Crippen LogP contribution in [0.2, 0.25) is 0 Å². The third kappa shape index (κ3) is 4.09. The third-order valence-electron chi connectivity index (χ3n) is 2.68. The van der Waals surface area contributed by atoms with Gasteiger partial charge in [0.2, 0.25) is 10.0 Å². The molecule has 0 aromatic heterocycles. The summed E-state index contributed by atoms with van der Waals surface area (Å²) in [6.45, 7) is 6.14. The van der Waals surface area contributed by atoms with Crippen LogP contribution in [0.1, 0.15) is 40.0 Å². The van der Waals surface area contributed by atoms with E-state index in [0.29, 0.717) is 13.0 Å². The van der Waals surface area contributed by atoms with Crippen LogP contribution in [0.4, 0.5) is 0 Å². The fraction of sp³-hybridized carbons (Fsp3) is 1.00. The predicted octanol–water partition coefficient (Wildman–Crippen LogP) is 0.865. The Morgan fingerprint density at radius 1 is 1.40 bits per heavy atom. The minimum absolute atomic E-state index is 0.177. The Morgan fingerprint density at radius 2 is 1.93 bits per heavy atom. The van der Waals surface area contributed by atoms with Gasteiger partial charge in [0, 0.05) is 6.54 Å². The molecule has 2 N–H and O–H groups in total. The van der Waals surface area contributed by atoms with Gasteiger partial charge < -0.3 is 5.11 Å². The van der Waals surface area contributed by atoms with E-state index in [1.165, 1.54) is 0 Å². The molecule has 1 fully saturated rings. The van der Waals surface area contributed by atoms with Gasteiger partial charge in [0.1, 0.15) is 0 Å². The Hall–Kier alpha value is -0.130. The molecular weight excluding hydrogens is 214 g/mol. The third-order valence-corrected chi connectivity index (χ3v) is 4.64. The second-order valence-electron chi connectivity index (χ2n) is 5.31. The quantitative estimate of drug-likeness (QED) is 0.743. The fourth-order valence-corrected chi connectivity index (χ4v) is 2.66. The molecule has 0 aromatic rings. The summed E-state index contributed by atoms with van der Waals surface area (Å²) in [6.07, 6.45) is 1.54. The summed E-state index contributed by atoms with van der Waals surface area (Å²) in [4.78, 5) is 0. The molecule has 0 amide bonds. The average Bonchev–Trinajstić information content (AvgIpc) is 2.83. The smallest absolute Gasteiger partial charge is 0.214 e. The Morgan fingerprint density at radius 3 is 2.33 bits per heavy atom. The second-order valence-corrected chi connectivity index (χ2v) is 7.35. The van der Waals surface area contributed by atoms with Crippen LogP contribution >= 0.6 is 0 Å². The lowest BCUT2D eigenvalue weighted by Gasteiger charge is -2.25. The SMILES string of the molecule is CC(C)(C)C(O)CCNS(=O)(=O)C1CC1. The molecule has 1 saturated carbocycles. The van der Waals surface area contributed by atoms with Crippen molar-refractivity contribution >= 4 is 10.0 Å². The number of sulfonamides is 1. The largest absolute Gasteiger partial charge is 0.393 e. The maximum Gasteiger partial charge on any atom is 0.214 e. The lowest BCUT2D eigenvalue weighted by molar-refractivity contribution is 0.0571. The molecule has 0 heterocycles. The van der Waals surface area contributed by atoms with Gasteiger partial charge in [-0.05, 0) is 24.7 Å². The molecule has 1 aliphatic carbocycles. The van der Waals surface area contributed by atoms with E-state index in [0.717, 1.165) is 12.8 Å². The van der Waals surface area contributed by atoms with Gasteiger partial charge in [-0.1, -0.05) is 20.8 Å². The monoisotopic (exact) mass is 235 g/mol. The second kappa shape index (κ2) is 4.39. The number of hydrogen-bond acceptors (Lipinski definition) is 3. The highest BCUT2D eigenvalue weighted by atomic mass is 32.2. The minimum atomic E-state index is -3.09. The van der Waals surface area contributed by atoms with Crippen molar-refractivity contribution in [3.8, 4) is 0 Å². The number of hydrogen-bond donors (Lipinski definition) is 2. The molecule has 1 aliphatic rings. The molecule has 0 spiro atoms. The van der Waals surface area contributed by atoms with Crippen molar-refractivity contribution in [3.63, 3.8) is 0 Å². The fourth-order valence-electron chi connectivity index (χ4n) is 1.27. The minimum Gasteiger partial charge on any atom is -0.393 e. The lowest BCUT2D eigenvalue weighted by atomic mass is 9.87. The van der Waals surface area contributed by atoms with Gasteiger partial charge in [0.05, 0.1) is 11.4 Å². The van der Waals surface area contributed by atoms with Crippen LogP contribution in [0, 0.1) is 5.41 Å². The van der Waals surface area contributed by atoms with Crippen molar-refractivity contribution in [1.29, 1.82) is 0 Å². The van der Waals surface area contributed by atoms with E-state index < -0.39 is 16.1 Å². The highest BCUT2D eigenvalue weighted by Crippen LogP contribution is 2.27. The van der Waals surface area contributed by atoms with Crippen LogP contribution in [0.15, 0.2) is 0 Å². The highest BCUT2D eigenvalue weighted by Gasteiger charge is 2.35. The van der Waals surface area contributed by atoms with Gasteiger partial charge in [-0.25, -0.2) is 13.1 Å². The summed E-state index contributed by atoms with van der Waals surface area (Å²) in [7, 11) is -3.09. The highest BCUT2D eigenvalue weighted by molar-refractivity contribution is 7.90. The summed E-state index contributed by atoms with van der Waals surface area (Å²) in [5, 5.41) is 9.53. The number of aliphatic hydroxyl groups is 1. The maximum absolute atomic E-state index is 11.4. The first-order valence-electron chi connectivity index (χ1n) is 5.40. The molecule has 1 unspecified atom stereocenters. The zero-order chi connectivity index (χ0) is 11.7. The van der Waals surface area contributed by atoms with E-state index in [1.54, 1.807) is 0 Å². The van der Waals surface area contributed by atoms with Gasteiger partial charge >= 0.3 is 0 Å². The average molecular weight is 235 g/mol. The molecule has 1 rings (SSSR count). The van der Waals surface area contributed by atoms with Crippen LogP contribution in [0.25, 0.3) is 0 Å². The molecular formula is C10H21NO3S. The molecule has 5 heteroatoms. The normalized spacial score (nSPS) is 20.3. The Kier molecular flexibility index (Phi) is 3.79. The van der Waals surface area contributed by atoms with Crippen LogP contribution in [0.5, 0.6) is 0 Å². The van der Waals surface area contributed by atoms with Gasteiger partial charge in [-0.15, -0.1) is 0 Å². The van der Waals surface area contributed by atoms with Crippen molar-refractivity contribution in [1.82, 2.24) is 4.72 Å². The Bertz CT molecular complexity index is 301. The summed E-state index contributed by atoms with van der Waals surface area (Å²) >= 11 is 0. The number of rotatable bonds is 5. The molecule has 0 aromatic carbocycles. The van der Waals surface area contributed by atoms with Crippen LogP contribution in [-0.2, 0) is 10.0 Å². The summed E-state index contributed by atoms with van der Waals surface area (Å²) in [5.74, 6) is 0. The van der Waals surface area contributed by atoms with E-state index in [9.17, 15) is 13.5 Å². The first-order valence-corrected chi connectivity index (χ1v) is 6.94. The van der Waals surface area contributed by atoms with Crippen LogP contribution in [-0.4, -0.2) is 31.4 Å². The number of nitrogens with one attached hydrogen (secondary N) is 1. The van der Waals surface area contributed by atoms with Gasteiger partial charge in [0.25, 0.3) is 0 Å². The van der Waals surface area contributed by atoms with Crippen LogP contribution < -0.4 is 4.72 Å². The van der Waals surface area contributed by atoms with Crippen molar-refractivity contribution in [3.05, 3.63) is 0 Å². The first kappa shape index (κ1) is 12.9. The van der Waals surface area contributed by atoms with E-state index >= 15 is 0 Å². The van der Waals surface area contributed by atoms with E-state index in [4.69, 9.17) is 0 Å². The molecule has 4 nitrogen and oxygen atoms in total. The van der Waals surface area contributed by atoms with Crippen molar-refractivity contribution in [2.24, 2.45) is 5.41 Å². The Balaban J connectivity index is 2.27. The van der Waals surface area contributed by atoms with Gasteiger partial charge in [-0.2, -0.15) is 0 Å². The standard InChI is InChI=1S/C10H21NO3S/c1-10(2,3)9(12)6-7-11-15(13,14)8-4-5-8/h8-9,11-12H,4-7H2,1-3H3. The number of aliphatic hydroxyl groups excluding tert-OH is 1. The van der Waals surface area contributed by atoms with Crippen molar-refractivity contribution in [2.75, 3.05) is 6.54 Å². The zero-order valence-electron chi connectivity index (χ0n) is 9.66. The summed E-state index contributed by atoms with van der Waals surface area (Å²) in [5.41, 5.74) is -0.189. The summed E-state index contributed by atoms with van der Waals surface area (Å²) < 4.78 is 25.4. The summed E-state index contributed by atoms with van der Waals surface area (Å²) in [6, 6.07) is 0. The van der Waals surface area contributed by atoms with E-state index in [1.807, 2.05) is 20.8 Å². The van der Waals surface area contributed by atoms with Crippen LogP contribution in [0.3, 0.4) is 0 Å². The van der Waals surface area contributed by atoms with Crippen molar-refractivity contribution in [2.45, 2.75) is 51.4 Å². The van der Waals surface area contributed by atoms with E-state index in [2.05, 4.69) is 4.72 Å². The van der Waals surface area contributed by atoms with Crippen molar-refractivity contribution < 1.29 is 13.5 Å². The molecule has 1 atom stereocenters. The molecule has 0 aliphatic heterocycles. The maximum atomic E-state index is 11.4. The molecule has 0 radical (unpaired) electrons. The molecule has 0 saturated heterocycles. The van der Waals surface area contributed by atoms with Gasteiger partial charge in [-0.3, -0.25) is 0 Å². The lowest BCUT2D eigenvalue weighted by Crippen LogP contribution is -2.34.